The predicted octanol–water partition coefficient (Wildman–Crippen LogP) is 0.909. The number of anilines is 2. The molecule has 0 aromatic carbocycles. The molecule has 9 heteroatoms. The molecular weight excluding hydrogens is 328 g/mol. The van der Waals surface area contributed by atoms with E-state index in [-0.39, 0.29) is 12.0 Å². The molecule has 0 aliphatic carbocycles. The summed E-state index contributed by atoms with van der Waals surface area (Å²) in [5.41, 5.74) is 0. The number of nitrogens with one attached hydrogen (secondary N) is 2. The van der Waals surface area contributed by atoms with Crippen molar-refractivity contribution in [2.75, 3.05) is 43.9 Å². The standard InChI is InChI=1S/C15H28N6O2S/c1-5-7-12-10-21(11-13(12)19-24(22,23)20(3)4)15-17-9-8-14(18-15)16-6-2/h8-9,12-13,19H,5-7,10-11H2,1-4H3,(H,16,17,18)/t12-,13-/m0/s1. The molecule has 2 rings (SSSR count). The molecule has 1 saturated heterocycles. The molecule has 0 amide bonds. The maximum atomic E-state index is 12.2. The van der Waals surface area contributed by atoms with E-state index in [0.717, 1.165) is 31.7 Å². The minimum atomic E-state index is -3.45. The average Bonchev–Trinajstić information content (AvgIpc) is 2.90. The molecule has 0 radical (unpaired) electrons. The van der Waals surface area contributed by atoms with E-state index in [1.807, 2.05) is 13.0 Å². The van der Waals surface area contributed by atoms with Gasteiger partial charge in [0.05, 0.1) is 0 Å². The van der Waals surface area contributed by atoms with Crippen LogP contribution in [0.1, 0.15) is 26.7 Å². The molecule has 24 heavy (non-hydrogen) atoms. The van der Waals surface area contributed by atoms with E-state index in [4.69, 9.17) is 0 Å². The van der Waals surface area contributed by atoms with Crippen LogP contribution in [0.2, 0.25) is 0 Å². The van der Waals surface area contributed by atoms with Gasteiger partial charge < -0.3 is 10.2 Å². The molecule has 1 aliphatic heterocycles. The highest BCUT2D eigenvalue weighted by Crippen LogP contribution is 2.26. The molecule has 2 N–H and O–H groups in total. The topological polar surface area (TPSA) is 90.5 Å². The first-order valence-corrected chi connectivity index (χ1v) is 9.83. The summed E-state index contributed by atoms with van der Waals surface area (Å²) in [7, 11) is -0.383. The van der Waals surface area contributed by atoms with Crippen molar-refractivity contribution in [1.29, 1.82) is 0 Å². The van der Waals surface area contributed by atoms with Gasteiger partial charge in [-0.2, -0.15) is 22.4 Å². The van der Waals surface area contributed by atoms with Crippen LogP contribution < -0.4 is 14.9 Å². The van der Waals surface area contributed by atoms with Crippen molar-refractivity contribution in [3.63, 3.8) is 0 Å². The molecule has 2 atom stereocenters. The van der Waals surface area contributed by atoms with Gasteiger partial charge in [0.25, 0.3) is 10.2 Å². The summed E-state index contributed by atoms with van der Waals surface area (Å²) < 4.78 is 28.4. The van der Waals surface area contributed by atoms with Crippen molar-refractivity contribution >= 4 is 22.0 Å². The molecule has 1 aliphatic rings. The van der Waals surface area contributed by atoms with E-state index < -0.39 is 10.2 Å². The minimum absolute atomic E-state index is 0.135. The maximum absolute atomic E-state index is 12.2. The van der Waals surface area contributed by atoms with E-state index in [2.05, 4.69) is 31.8 Å². The smallest absolute Gasteiger partial charge is 0.279 e. The van der Waals surface area contributed by atoms with E-state index in [1.165, 1.54) is 18.4 Å². The molecule has 0 bridgehead atoms. The number of nitrogens with zero attached hydrogens (tertiary/aromatic N) is 4. The lowest BCUT2D eigenvalue weighted by Gasteiger charge is -2.21. The minimum Gasteiger partial charge on any atom is -0.370 e. The number of hydrogen-bond acceptors (Lipinski definition) is 6. The zero-order chi connectivity index (χ0) is 17.7. The van der Waals surface area contributed by atoms with Crippen LogP contribution in [0, 0.1) is 5.92 Å². The Morgan fingerprint density at radius 3 is 2.71 bits per heavy atom. The molecule has 2 heterocycles. The zero-order valence-electron chi connectivity index (χ0n) is 14.9. The average molecular weight is 356 g/mol. The van der Waals surface area contributed by atoms with Crippen molar-refractivity contribution in [3.05, 3.63) is 12.3 Å². The summed E-state index contributed by atoms with van der Waals surface area (Å²) in [5.74, 6) is 1.67. The van der Waals surface area contributed by atoms with Gasteiger partial charge in [-0.25, -0.2) is 4.98 Å². The van der Waals surface area contributed by atoms with Crippen LogP contribution in [0.5, 0.6) is 0 Å². The van der Waals surface area contributed by atoms with E-state index in [0.29, 0.717) is 12.5 Å². The molecule has 1 fully saturated rings. The second kappa shape index (κ2) is 8.09. The van der Waals surface area contributed by atoms with Crippen LogP contribution in [0.3, 0.4) is 0 Å². The SMILES string of the molecule is CCC[C@H]1CN(c2nccc(NCC)n2)C[C@@H]1NS(=O)(=O)N(C)C. The largest absolute Gasteiger partial charge is 0.370 e. The van der Waals surface area contributed by atoms with Crippen molar-refractivity contribution in [3.8, 4) is 0 Å². The first-order chi connectivity index (χ1) is 11.4. The fourth-order valence-electron chi connectivity index (χ4n) is 2.91. The third-order valence-electron chi connectivity index (χ3n) is 4.17. The molecule has 8 nitrogen and oxygen atoms in total. The number of aromatic nitrogens is 2. The highest BCUT2D eigenvalue weighted by molar-refractivity contribution is 7.87. The van der Waals surface area contributed by atoms with Crippen molar-refractivity contribution in [1.82, 2.24) is 19.0 Å². The molecule has 0 unspecified atom stereocenters. The van der Waals surface area contributed by atoms with Gasteiger partial charge in [0, 0.05) is 46.0 Å². The third-order valence-corrected chi connectivity index (χ3v) is 5.73. The Hall–Kier alpha value is -1.45. The molecular formula is C15H28N6O2S. The Kier molecular flexibility index (Phi) is 6.36. The molecule has 1 aromatic heterocycles. The molecule has 0 saturated carbocycles. The molecule has 136 valence electrons. The van der Waals surface area contributed by atoms with Gasteiger partial charge >= 0.3 is 0 Å². The van der Waals surface area contributed by atoms with Gasteiger partial charge in [0.1, 0.15) is 5.82 Å². The van der Waals surface area contributed by atoms with Crippen molar-refractivity contribution in [2.45, 2.75) is 32.7 Å². The van der Waals surface area contributed by atoms with Crippen molar-refractivity contribution < 1.29 is 8.42 Å². The third kappa shape index (κ3) is 4.55. The molecule has 0 spiro atoms. The van der Waals surface area contributed by atoms with Gasteiger partial charge in [0.15, 0.2) is 0 Å². The number of rotatable bonds is 8. The summed E-state index contributed by atoms with van der Waals surface area (Å²) in [6.07, 6.45) is 3.70. The van der Waals surface area contributed by atoms with E-state index in [9.17, 15) is 8.42 Å². The second-order valence-corrected chi connectivity index (χ2v) is 8.15. The van der Waals surface area contributed by atoms with Crippen LogP contribution in [-0.2, 0) is 10.2 Å². The summed E-state index contributed by atoms with van der Waals surface area (Å²) in [6.45, 7) is 6.25. The molecule has 1 aromatic rings. The van der Waals surface area contributed by atoms with Gasteiger partial charge in [0.2, 0.25) is 5.95 Å². The van der Waals surface area contributed by atoms with Crippen LogP contribution >= 0.6 is 0 Å². The predicted molar refractivity (Wildman–Crippen MR) is 96.3 cm³/mol. The summed E-state index contributed by atoms with van der Waals surface area (Å²) in [4.78, 5) is 10.9. The quantitative estimate of drug-likeness (QED) is 0.719. The Bertz CT molecular complexity index is 637. The van der Waals surface area contributed by atoms with Gasteiger partial charge in [-0.15, -0.1) is 0 Å². The Morgan fingerprint density at radius 1 is 1.33 bits per heavy atom. The van der Waals surface area contributed by atoms with Gasteiger partial charge in [-0.1, -0.05) is 13.3 Å². The lowest BCUT2D eigenvalue weighted by Crippen LogP contribution is -2.45. The monoisotopic (exact) mass is 356 g/mol. The number of hydrogen-bond donors (Lipinski definition) is 2. The van der Waals surface area contributed by atoms with Crippen LogP contribution in [-0.4, -0.2) is 62.5 Å². The maximum Gasteiger partial charge on any atom is 0.279 e. The highest BCUT2D eigenvalue weighted by atomic mass is 32.2. The fraction of sp³-hybridized carbons (Fsp3) is 0.733. The van der Waals surface area contributed by atoms with E-state index >= 15 is 0 Å². The lowest BCUT2D eigenvalue weighted by atomic mass is 9.99. The van der Waals surface area contributed by atoms with Gasteiger partial charge in [-0.3, -0.25) is 0 Å². The summed E-state index contributed by atoms with van der Waals surface area (Å²) >= 11 is 0. The Morgan fingerprint density at radius 2 is 2.08 bits per heavy atom. The first kappa shape index (κ1) is 18.9. The van der Waals surface area contributed by atoms with Crippen LogP contribution in [0.4, 0.5) is 11.8 Å². The van der Waals surface area contributed by atoms with Gasteiger partial charge in [-0.05, 0) is 25.3 Å². The van der Waals surface area contributed by atoms with Crippen LogP contribution in [0.15, 0.2) is 12.3 Å². The van der Waals surface area contributed by atoms with E-state index in [1.54, 1.807) is 6.20 Å². The van der Waals surface area contributed by atoms with Crippen LogP contribution in [0.25, 0.3) is 0 Å². The normalized spacial score (nSPS) is 21.5. The Balaban J connectivity index is 2.15. The lowest BCUT2D eigenvalue weighted by molar-refractivity contribution is 0.424. The second-order valence-electron chi connectivity index (χ2n) is 6.24. The first-order valence-electron chi connectivity index (χ1n) is 8.39. The Labute approximate surface area is 144 Å². The zero-order valence-corrected chi connectivity index (χ0v) is 15.7. The fourth-order valence-corrected chi connectivity index (χ4v) is 3.77. The summed E-state index contributed by atoms with van der Waals surface area (Å²) in [6, 6.07) is 1.70. The summed E-state index contributed by atoms with van der Waals surface area (Å²) in [5, 5.41) is 3.18. The van der Waals surface area contributed by atoms with Crippen molar-refractivity contribution in [2.24, 2.45) is 5.92 Å². The highest BCUT2D eigenvalue weighted by Gasteiger charge is 2.36.